The zero-order valence-corrected chi connectivity index (χ0v) is 82.8. The van der Waals surface area contributed by atoms with Gasteiger partial charge >= 0.3 is 11.9 Å². The molecule has 1 aliphatic carbocycles. The summed E-state index contributed by atoms with van der Waals surface area (Å²) in [5.74, 6) is -7.13. The molecule has 0 radical (unpaired) electrons. The summed E-state index contributed by atoms with van der Waals surface area (Å²) in [5.41, 5.74) is 20.4. The first-order valence-electron chi connectivity index (χ1n) is 49.8. The first-order chi connectivity index (χ1) is 66.0. The number of nitrogens with two attached hydrogens (primary N) is 2. The number of nitrogen functional groups attached to an aromatic ring is 2. The van der Waals surface area contributed by atoms with Crippen LogP contribution in [0.4, 0.5) is 11.8 Å². The van der Waals surface area contributed by atoms with Crippen molar-refractivity contribution in [3.05, 3.63) is 107 Å². The summed E-state index contributed by atoms with van der Waals surface area (Å²) in [6.45, 7) is 25.7. The fourth-order valence-electron chi connectivity index (χ4n) is 20.1. The molecule has 2 aromatic carbocycles. The van der Waals surface area contributed by atoms with Gasteiger partial charge in [-0.25, -0.2) is 19.4 Å². The second-order valence-electron chi connectivity index (χ2n) is 38.4. The van der Waals surface area contributed by atoms with Crippen molar-refractivity contribution < 1.29 is 110 Å². The lowest BCUT2D eigenvalue weighted by Gasteiger charge is -2.43. The molecule has 137 heavy (non-hydrogen) atoms. The van der Waals surface area contributed by atoms with Gasteiger partial charge in [0, 0.05) is 129 Å². The molecule has 34 heteroatoms. The van der Waals surface area contributed by atoms with Gasteiger partial charge < -0.3 is 108 Å². The Hall–Kier alpha value is -8.85. The van der Waals surface area contributed by atoms with Crippen LogP contribution in [0, 0.1) is 41.4 Å². The van der Waals surface area contributed by atoms with Crippen molar-refractivity contribution in [2.45, 2.75) is 270 Å². The van der Waals surface area contributed by atoms with Crippen LogP contribution in [0.3, 0.4) is 0 Å². The molecule has 5 fully saturated rings. The van der Waals surface area contributed by atoms with Crippen LogP contribution in [-0.4, -0.2) is 308 Å². The van der Waals surface area contributed by atoms with Crippen LogP contribution >= 0.6 is 0 Å². The normalized spacial score (nSPS) is 28.1. The number of hydrogen-bond acceptors (Lipinski definition) is 30. The number of oxazole rings is 1. The number of carbonyl (C=O) groups excluding carboxylic acids is 7. The van der Waals surface area contributed by atoms with E-state index in [9.17, 15) is 48.9 Å². The molecule has 7 N–H and O–H groups in total. The number of anilines is 2. The molecule has 34 nitrogen and oxygen atoms in total. The number of aromatic nitrogens is 5. The second kappa shape index (κ2) is 54.2. The Morgan fingerprint density at radius 3 is 2.12 bits per heavy atom. The van der Waals surface area contributed by atoms with Crippen LogP contribution in [0.2, 0.25) is 0 Å². The average Bonchev–Trinajstić information content (AvgIpc) is 1.74. The molecule has 0 spiro atoms. The minimum absolute atomic E-state index is 0.0101. The molecule has 16 atom stereocenters. The molecule has 4 saturated heterocycles. The first-order valence-corrected chi connectivity index (χ1v) is 49.8. The zero-order chi connectivity index (χ0) is 98.2. The van der Waals surface area contributed by atoms with Gasteiger partial charge in [-0.15, -0.1) is 0 Å². The number of aliphatic hydroxyl groups excluding tert-OH is 2. The number of fused-ring (bicyclic) bond motifs is 6. The fraction of sp³-hybridized carbons (Fsp3) is 0.680. The highest BCUT2D eigenvalue weighted by Gasteiger charge is 2.54. The second-order valence-corrected chi connectivity index (χ2v) is 38.4. The number of amides is 3. The van der Waals surface area contributed by atoms with E-state index in [1.165, 1.54) is 29.5 Å². The van der Waals surface area contributed by atoms with Crippen molar-refractivity contribution in [3.63, 3.8) is 0 Å². The number of esters is 2. The summed E-state index contributed by atoms with van der Waals surface area (Å²) in [6, 6.07) is 11.5. The fourth-order valence-corrected chi connectivity index (χ4v) is 20.1. The van der Waals surface area contributed by atoms with Crippen LogP contribution in [0.15, 0.2) is 94.7 Å². The number of ether oxygens (including phenoxy) is 12. The molecular formula is C103H153N11O23. The highest BCUT2D eigenvalue weighted by molar-refractivity contribution is 6.39. The predicted octanol–water partition coefficient (Wildman–Crippen LogP) is 11.3. The van der Waals surface area contributed by atoms with Crippen LogP contribution < -0.4 is 11.5 Å². The van der Waals surface area contributed by atoms with E-state index in [0.29, 0.717) is 208 Å². The summed E-state index contributed by atoms with van der Waals surface area (Å²) < 4.78 is 75.8. The number of likely N-dealkylation sites (tertiary alicyclic amines) is 2. The Morgan fingerprint density at radius 2 is 1.41 bits per heavy atom. The van der Waals surface area contributed by atoms with Crippen molar-refractivity contribution in [2.24, 2.45) is 41.4 Å². The van der Waals surface area contributed by atoms with Crippen LogP contribution in [-0.2, 0) is 110 Å². The van der Waals surface area contributed by atoms with E-state index in [0.717, 1.165) is 88.0 Å². The van der Waals surface area contributed by atoms with Gasteiger partial charge in [0.1, 0.15) is 53.8 Å². The lowest BCUT2D eigenvalue weighted by atomic mass is 9.78. The average molecular weight is 1910 g/mol. The molecule has 12 rings (SSSR count). The smallest absolute Gasteiger partial charge is 0.329 e. The number of Topliss-reactive ketones (excluding diaryl/α,β-unsaturated/α-hetero) is 2. The van der Waals surface area contributed by atoms with E-state index in [1.54, 1.807) is 48.2 Å². The number of allylic oxidation sites excluding steroid dienone is 5. The number of rotatable bonds is 33. The summed E-state index contributed by atoms with van der Waals surface area (Å²) in [7, 11) is 6.18. The van der Waals surface area contributed by atoms with Gasteiger partial charge in [0.25, 0.3) is 17.7 Å². The van der Waals surface area contributed by atoms with Crippen molar-refractivity contribution in [2.75, 3.05) is 152 Å². The maximum Gasteiger partial charge on any atom is 0.329 e. The largest absolute Gasteiger partial charge is 0.460 e. The lowest BCUT2D eigenvalue weighted by molar-refractivity contribution is -0.265. The lowest BCUT2D eigenvalue weighted by Crippen LogP contribution is -2.61. The van der Waals surface area contributed by atoms with E-state index in [4.69, 9.17) is 77.8 Å². The topological polar surface area (TPSA) is 426 Å². The molecule has 5 aromatic rings. The number of benzene rings is 2. The Morgan fingerprint density at radius 1 is 0.686 bits per heavy atom. The molecule has 9 heterocycles. The Labute approximate surface area is 807 Å². The Bertz CT molecular complexity index is 4830. The minimum atomic E-state index is -2.45. The monoisotopic (exact) mass is 1910 g/mol. The predicted molar refractivity (Wildman–Crippen MR) is 516 cm³/mol. The SMILES string of the molecule is CCCOCCOCCC(=O)N1CCC(N2CCC(C(=O)N3CCc4cc(Cn5nc(-c6ccc7oc(N)nc7c6)c6c(N)ncnc65)ccc4C3)CC2)CC1.COCCOCCOCCOCCCC(=O)O[C@@H]1CC[C@@H](C[C@@H](C)[C@@H]2C[C@@H](O)[C@H](C)/C=C(\C)[C@@H](O)[C@@H](OC)C(=O)[C@H](C)C[C@H](C)/C=C/C=C/C=C(\C)[C@@H](OC)C[C@@H]3CC[C@@H](C)[C@@](O)(O3)C(=O)C(=O)N3CCCC[C@H]3C(=O)O2)C[C@H]1OC. The van der Waals surface area contributed by atoms with Crippen LogP contribution in [0.5, 0.6) is 0 Å². The van der Waals surface area contributed by atoms with E-state index >= 15 is 0 Å². The van der Waals surface area contributed by atoms with Crippen LogP contribution in [0.25, 0.3) is 33.4 Å². The van der Waals surface area contributed by atoms with Crippen molar-refractivity contribution >= 4 is 75.2 Å². The number of aliphatic hydroxyl groups is 3. The molecule has 1 saturated carbocycles. The molecule has 2 bridgehead atoms. The molecule has 6 aliphatic heterocycles. The maximum atomic E-state index is 14.7. The van der Waals surface area contributed by atoms with Gasteiger partial charge in [-0.1, -0.05) is 96.2 Å². The molecule has 3 amide bonds. The summed E-state index contributed by atoms with van der Waals surface area (Å²) in [6.07, 6.45) is 18.4. The van der Waals surface area contributed by atoms with Crippen molar-refractivity contribution in [1.29, 1.82) is 0 Å². The third-order valence-corrected chi connectivity index (χ3v) is 28.3. The van der Waals surface area contributed by atoms with E-state index in [1.807, 2.05) is 85.9 Å². The Kier molecular flexibility index (Phi) is 43.0. The third-order valence-electron chi connectivity index (χ3n) is 28.3. The number of ketones is 2. The van der Waals surface area contributed by atoms with Gasteiger partial charge in [0.2, 0.25) is 17.6 Å². The highest BCUT2D eigenvalue weighted by Crippen LogP contribution is 2.41. The van der Waals surface area contributed by atoms with Gasteiger partial charge in [-0.2, -0.15) is 10.1 Å². The van der Waals surface area contributed by atoms with Gasteiger partial charge in [-0.05, 0) is 200 Å². The van der Waals surface area contributed by atoms with E-state index in [2.05, 4.69) is 49.9 Å². The van der Waals surface area contributed by atoms with E-state index in [-0.39, 0.29) is 85.2 Å². The number of piperidine rings is 3. The minimum Gasteiger partial charge on any atom is -0.460 e. The number of nitrogens with zero attached hydrogens (tertiary/aromatic N) is 9. The Balaban J connectivity index is 0.000000279. The summed E-state index contributed by atoms with van der Waals surface area (Å²) in [5, 5.41) is 41.3. The van der Waals surface area contributed by atoms with Gasteiger partial charge in [-0.3, -0.25) is 28.8 Å². The quantitative estimate of drug-likeness (QED) is 0.0113. The maximum absolute atomic E-state index is 14.7. The van der Waals surface area contributed by atoms with Crippen molar-refractivity contribution in [1.82, 2.24) is 44.3 Å². The van der Waals surface area contributed by atoms with Crippen molar-refractivity contribution in [3.8, 4) is 11.3 Å². The highest BCUT2D eigenvalue weighted by atomic mass is 16.6. The van der Waals surface area contributed by atoms with Crippen LogP contribution in [0.1, 0.15) is 200 Å². The molecule has 758 valence electrons. The summed E-state index contributed by atoms with van der Waals surface area (Å²) >= 11 is 0. The number of methoxy groups -OCH3 is 4. The molecular weight excluding hydrogens is 1760 g/mol. The number of cyclic esters (lactones) is 1. The van der Waals surface area contributed by atoms with Gasteiger partial charge in [0.15, 0.2) is 17.0 Å². The van der Waals surface area contributed by atoms with E-state index < -0.39 is 90.0 Å². The number of carbonyl (C=O) groups is 7. The molecule has 7 aliphatic rings. The first kappa shape index (κ1) is 109. The zero-order valence-electron chi connectivity index (χ0n) is 82.8. The number of hydrogen-bond donors (Lipinski definition) is 5. The summed E-state index contributed by atoms with van der Waals surface area (Å²) in [4.78, 5) is 118. The molecule has 3 aromatic heterocycles. The molecule has 0 unspecified atom stereocenters. The standard InChI is InChI=1S/C62H101NO18.C41H52N10O5/c1-40-18-13-12-14-19-41(2)52(73-9)38-48-24-22-46(7)62(71,81-48)59(68)60(69)63-26-16-15-20-49(63)61(70)80-53(39-50(64)42(3)35-45(6)57(67)58(75-11)56(66)44(5)34-40)43(4)36-47-23-25-51(54(37-47)74-10)79-55(65)21-17-27-76-30-31-78-33-32-77-29-28-72-8;1-2-18-54-20-21-55-19-12-35(52)49-16-10-32(11-17-49)48-13-7-28(8-14-48)40(53)50-15-9-29-22-27(3-4-31(29)25-50)24-51-39-36(38(42)44-26-45-39)37(47-51)30-5-6-34-33(23-30)46-41(43)56-34/h12-14,18-19,35,40,42-44,46-54,57-58,64,67,71H,15-17,20-34,36-39H2,1-11H3;3-6,22-23,26,28,32H,2,7-21,24-25H2,1H3,(H2,43,46)(H2,42,44,45)/b14-12+,18-13+,41-19+,45-35+;/t40-,42-,43-,44-,46-,47+,48+,49+,50-,51-,52+,53+,54-,57-,58+,62-;/m1./s1. The third kappa shape index (κ3) is 30.6. The van der Waals surface area contributed by atoms with Gasteiger partial charge in [0.05, 0.1) is 102 Å².